The molecule has 1 unspecified atom stereocenters. The number of hydrogen-bond donors (Lipinski definition) is 3. The molecule has 6 nitrogen and oxygen atoms in total. The van der Waals surface area contributed by atoms with E-state index in [0.717, 1.165) is 0 Å². The molecule has 3 N–H and O–H groups in total. The minimum absolute atomic E-state index is 0. The number of amides is 2. The molecule has 0 aliphatic carbocycles. The summed E-state index contributed by atoms with van der Waals surface area (Å²) in [6.07, 6.45) is 0.927. The van der Waals surface area contributed by atoms with Gasteiger partial charge >= 0.3 is 0 Å². The fraction of sp³-hybridized carbons (Fsp3) is 0.467. The lowest BCUT2D eigenvalue weighted by molar-refractivity contribution is -0.126. The number of anilines is 1. The van der Waals surface area contributed by atoms with Crippen LogP contribution in [0.4, 0.5) is 5.69 Å². The molecule has 1 aliphatic heterocycles. The zero-order valence-electron chi connectivity index (χ0n) is 12.6. The molecule has 128 valence electrons. The normalized spacial score (nSPS) is 17.0. The van der Waals surface area contributed by atoms with Gasteiger partial charge in [0.25, 0.3) is 0 Å². The van der Waals surface area contributed by atoms with Crippen molar-refractivity contribution in [3.05, 3.63) is 29.3 Å². The van der Waals surface area contributed by atoms with Gasteiger partial charge in [0.15, 0.2) is 0 Å². The molecule has 1 aromatic carbocycles. The Morgan fingerprint density at radius 1 is 1.30 bits per heavy atom. The van der Waals surface area contributed by atoms with E-state index < -0.39 is 0 Å². The molecule has 2 amide bonds. The summed E-state index contributed by atoms with van der Waals surface area (Å²) in [7, 11) is 0. The van der Waals surface area contributed by atoms with Gasteiger partial charge in [-0.3, -0.25) is 9.59 Å². The maximum Gasteiger partial charge on any atom is 0.239 e. The molecule has 0 aromatic heterocycles. The van der Waals surface area contributed by atoms with E-state index in [9.17, 15) is 9.59 Å². The Bertz CT molecular complexity index is 505. The van der Waals surface area contributed by atoms with Crippen molar-refractivity contribution >= 4 is 41.5 Å². The van der Waals surface area contributed by atoms with Gasteiger partial charge in [0, 0.05) is 30.2 Å². The topological polar surface area (TPSA) is 79.5 Å². The van der Waals surface area contributed by atoms with Crippen LogP contribution in [0, 0.1) is 0 Å². The predicted molar refractivity (Wildman–Crippen MR) is 92.2 cm³/mol. The Morgan fingerprint density at radius 3 is 2.70 bits per heavy atom. The van der Waals surface area contributed by atoms with Gasteiger partial charge < -0.3 is 20.7 Å². The minimum atomic E-state index is -0.295. The molecule has 23 heavy (non-hydrogen) atoms. The highest BCUT2D eigenvalue weighted by atomic mass is 35.5. The summed E-state index contributed by atoms with van der Waals surface area (Å²) < 4.78 is 5.23. The zero-order chi connectivity index (χ0) is 15.8. The number of halogens is 2. The van der Waals surface area contributed by atoms with Gasteiger partial charge in [-0.25, -0.2) is 0 Å². The van der Waals surface area contributed by atoms with Gasteiger partial charge in [-0.1, -0.05) is 11.6 Å². The van der Waals surface area contributed by atoms with E-state index in [-0.39, 0.29) is 30.3 Å². The van der Waals surface area contributed by atoms with Crippen LogP contribution in [0.15, 0.2) is 24.3 Å². The number of ether oxygens (including phenoxy) is 1. The third-order valence-corrected chi connectivity index (χ3v) is 3.50. The number of carbonyl (C=O) groups excluding carboxylic acids is 2. The molecule has 0 spiro atoms. The first-order valence-corrected chi connectivity index (χ1v) is 7.67. The van der Waals surface area contributed by atoms with Gasteiger partial charge in [-0.15, -0.1) is 12.4 Å². The van der Waals surface area contributed by atoms with Crippen LogP contribution in [0.3, 0.4) is 0 Å². The maximum absolute atomic E-state index is 11.8. The SMILES string of the molecule is Cl.O=C(CCCNC(=O)C1COCCN1)Nc1ccc(Cl)cc1. The smallest absolute Gasteiger partial charge is 0.239 e. The second-order valence-corrected chi connectivity index (χ2v) is 5.47. The fourth-order valence-electron chi connectivity index (χ4n) is 2.07. The van der Waals surface area contributed by atoms with Crippen LogP contribution < -0.4 is 16.0 Å². The van der Waals surface area contributed by atoms with E-state index in [0.29, 0.717) is 49.9 Å². The Labute approximate surface area is 146 Å². The van der Waals surface area contributed by atoms with Crippen LogP contribution in [0.5, 0.6) is 0 Å². The summed E-state index contributed by atoms with van der Waals surface area (Å²) in [4.78, 5) is 23.6. The van der Waals surface area contributed by atoms with Crippen molar-refractivity contribution in [3.63, 3.8) is 0 Å². The molecule has 1 atom stereocenters. The van der Waals surface area contributed by atoms with E-state index in [1.165, 1.54) is 0 Å². The lowest BCUT2D eigenvalue weighted by atomic mass is 10.2. The van der Waals surface area contributed by atoms with Crippen LogP contribution in [0.25, 0.3) is 0 Å². The molecular formula is C15H21Cl2N3O3. The molecule has 2 rings (SSSR count). The van der Waals surface area contributed by atoms with Crippen LogP contribution in [0.2, 0.25) is 5.02 Å². The summed E-state index contributed by atoms with van der Waals surface area (Å²) in [5, 5.41) is 9.28. The Morgan fingerprint density at radius 2 is 2.04 bits per heavy atom. The van der Waals surface area contributed by atoms with Crippen molar-refractivity contribution in [2.24, 2.45) is 0 Å². The highest BCUT2D eigenvalue weighted by molar-refractivity contribution is 6.30. The van der Waals surface area contributed by atoms with E-state index in [2.05, 4.69) is 16.0 Å². The van der Waals surface area contributed by atoms with Gasteiger partial charge in [-0.2, -0.15) is 0 Å². The van der Waals surface area contributed by atoms with Gasteiger partial charge in [0.2, 0.25) is 11.8 Å². The van der Waals surface area contributed by atoms with Gasteiger partial charge in [-0.05, 0) is 30.7 Å². The third-order valence-electron chi connectivity index (χ3n) is 3.25. The highest BCUT2D eigenvalue weighted by Gasteiger charge is 2.20. The maximum atomic E-state index is 11.8. The number of benzene rings is 1. The van der Waals surface area contributed by atoms with Gasteiger partial charge in [0.1, 0.15) is 6.04 Å². The molecule has 1 aliphatic rings. The molecule has 1 aromatic rings. The summed E-state index contributed by atoms with van der Waals surface area (Å²) in [5.74, 6) is -0.173. The average Bonchev–Trinajstić information content (AvgIpc) is 2.54. The van der Waals surface area contributed by atoms with Crippen LogP contribution in [-0.2, 0) is 14.3 Å². The molecule has 8 heteroatoms. The largest absolute Gasteiger partial charge is 0.378 e. The van der Waals surface area contributed by atoms with Crippen molar-refractivity contribution in [1.82, 2.24) is 10.6 Å². The van der Waals surface area contributed by atoms with Crippen LogP contribution in [-0.4, -0.2) is 44.2 Å². The molecule has 0 bridgehead atoms. The van der Waals surface area contributed by atoms with Crippen molar-refractivity contribution in [1.29, 1.82) is 0 Å². The van der Waals surface area contributed by atoms with E-state index in [1.54, 1.807) is 24.3 Å². The van der Waals surface area contributed by atoms with Crippen molar-refractivity contribution < 1.29 is 14.3 Å². The second kappa shape index (κ2) is 10.4. The quantitative estimate of drug-likeness (QED) is 0.672. The molecule has 1 heterocycles. The lowest BCUT2D eigenvalue weighted by Gasteiger charge is -2.22. The standard InChI is InChI=1S/C15H20ClN3O3.ClH/c16-11-3-5-12(6-4-11)19-14(20)2-1-7-18-15(21)13-10-22-9-8-17-13;/h3-6,13,17H,1-2,7-10H2,(H,18,21)(H,19,20);1H. The fourth-order valence-corrected chi connectivity index (χ4v) is 2.20. The molecule has 0 radical (unpaired) electrons. The van der Waals surface area contributed by atoms with Crippen molar-refractivity contribution in [3.8, 4) is 0 Å². The van der Waals surface area contributed by atoms with E-state index in [1.807, 2.05) is 0 Å². The average molecular weight is 362 g/mol. The van der Waals surface area contributed by atoms with Crippen molar-refractivity contribution in [2.75, 3.05) is 31.6 Å². The lowest BCUT2D eigenvalue weighted by Crippen LogP contribution is -2.51. The van der Waals surface area contributed by atoms with Crippen LogP contribution >= 0.6 is 24.0 Å². The highest BCUT2D eigenvalue weighted by Crippen LogP contribution is 2.13. The number of nitrogens with one attached hydrogen (secondary N) is 3. The van der Waals surface area contributed by atoms with Gasteiger partial charge in [0.05, 0.1) is 13.2 Å². The Balaban J connectivity index is 0.00000264. The number of morpholine rings is 1. The summed E-state index contributed by atoms with van der Waals surface area (Å²) >= 11 is 5.78. The molecular weight excluding hydrogens is 341 g/mol. The zero-order valence-corrected chi connectivity index (χ0v) is 14.2. The Hall–Kier alpha value is -1.34. The van der Waals surface area contributed by atoms with Crippen molar-refractivity contribution in [2.45, 2.75) is 18.9 Å². The van der Waals surface area contributed by atoms with E-state index >= 15 is 0 Å². The number of rotatable bonds is 6. The summed E-state index contributed by atoms with van der Waals surface area (Å²) in [5.41, 5.74) is 0.710. The molecule has 0 saturated carbocycles. The minimum Gasteiger partial charge on any atom is -0.378 e. The Kier molecular flexibility index (Phi) is 8.94. The first kappa shape index (κ1) is 19.7. The number of hydrogen-bond acceptors (Lipinski definition) is 4. The van der Waals surface area contributed by atoms with E-state index in [4.69, 9.17) is 16.3 Å². The first-order chi connectivity index (χ1) is 10.6. The third kappa shape index (κ3) is 7.18. The van der Waals surface area contributed by atoms with Crippen LogP contribution in [0.1, 0.15) is 12.8 Å². The monoisotopic (exact) mass is 361 g/mol. The predicted octanol–water partition coefficient (Wildman–Crippen LogP) is 1.59. The second-order valence-electron chi connectivity index (χ2n) is 5.03. The summed E-state index contributed by atoms with van der Waals surface area (Å²) in [6.45, 7) is 2.17. The molecule has 1 saturated heterocycles. The number of carbonyl (C=O) groups is 2. The first-order valence-electron chi connectivity index (χ1n) is 7.29. The molecule has 1 fully saturated rings. The summed E-state index contributed by atoms with van der Waals surface area (Å²) in [6, 6.07) is 6.64.